The lowest BCUT2D eigenvalue weighted by Crippen LogP contribution is -2.29. The van der Waals surface area contributed by atoms with E-state index in [0.29, 0.717) is 18.7 Å². The van der Waals surface area contributed by atoms with Gasteiger partial charge in [0.15, 0.2) is 5.78 Å². The van der Waals surface area contributed by atoms with Gasteiger partial charge in [0.25, 0.3) is 0 Å². The summed E-state index contributed by atoms with van der Waals surface area (Å²) >= 11 is 1.65. The molecule has 0 saturated heterocycles. The molecule has 0 spiro atoms. The molecule has 0 fully saturated rings. The summed E-state index contributed by atoms with van der Waals surface area (Å²) < 4.78 is 13.0. The number of anilines is 1. The van der Waals surface area contributed by atoms with Crippen LogP contribution < -0.4 is 4.90 Å². The van der Waals surface area contributed by atoms with Crippen molar-refractivity contribution in [2.75, 3.05) is 24.2 Å². The molecule has 2 nitrogen and oxygen atoms in total. The molecule has 0 heterocycles. The van der Waals surface area contributed by atoms with E-state index in [1.54, 1.807) is 23.9 Å². The summed E-state index contributed by atoms with van der Waals surface area (Å²) in [6, 6.07) is 13.8. The van der Waals surface area contributed by atoms with Crippen molar-refractivity contribution in [2.45, 2.75) is 11.8 Å². The van der Waals surface area contributed by atoms with Crippen molar-refractivity contribution in [3.8, 4) is 0 Å². The largest absolute Gasteiger partial charge is 0.364 e. The number of hydrogen-bond donors (Lipinski definition) is 0. The molecule has 0 saturated carbocycles. The molecule has 0 N–H and O–H groups in total. The Labute approximate surface area is 129 Å². The van der Waals surface area contributed by atoms with Gasteiger partial charge in [-0.3, -0.25) is 4.79 Å². The minimum atomic E-state index is -0.270. The number of nitrogens with zero attached hydrogens (tertiary/aromatic N) is 1. The number of benzene rings is 2. The smallest absolute Gasteiger partial charge is 0.182 e. The number of carbonyl (C=O) groups is 1. The monoisotopic (exact) mass is 303 g/mol. The van der Waals surface area contributed by atoms with Crippen LogP contribution in [0.1, 0.15) is 17.3 Å². The predicted octanol–water partition coefficient (Wildman–Crippen LogP) is 4.26. The van der Waals surface area contributed by atoms with Crippen molar-refractivity contribution < 1.29 is 9.18 Å². The topological polar surface area (TPSA) is 20.3 Å². The molecule has 0 atom stereocenters. The third-order valence-electron chi connectivity index (χ3n) is 3.32. The third-order valence-corrected chi connectivity index (χ3v) is 4.06. The van der Waals surface area contributed by atoms with Crippen LogP contribution in [0.5, 0.6) is 0 Å². The van der Waals surface area contributed by atoms with E-state index in [-0.39, 0.29) is 11.6 Å². The number of carbonyl (C=O) groups excluding carboxylic acids is 1. The molecule has 2 aromatic carbocycles. The molecule has 0 aliphatic heterocycles. The van der Waals surface area contributed by atoms with E-state index in [4.69, 9.17) is 0 Å². The van der Waals surface area contributed by atoms with Gasteiger partial charge in [0.2, 0.25) is 0 Å². The zero-order valence-corrected chi connectivity index (χ0v) is 13.0. The summed E-state index contributed by atoms with van der Waals surface area (Å²) in [6.07, 6.45) is 2.00. The molecule has 110 valence electrons. The highest BCUT2D eigenvalue weighted by Crippen LogP contribution is 2.17. The molecule has 0 amide bonds. The van der Waals surface area contributed by atoms with E-state index in [9.17, 15) is 9.18 Å². The van der Waals surface area contributed by atoms with Gasteiger partial charge < -0.3 is 4.90 Å². The third kappa shape index (κ3) is 4.08. The maximum Gasteiger partial charge on any atom is 0.182 e. The van der Waals surface area contributed by atoms with Gasteiger partial charge in [0, 0.05) is 22.7 Å². The van der Waals surface area contributed by atoms with Crippen LogP contribution in [-0.2, 0) is 0 Å². The second-order valence-electron chi connectivity index (χ2n) is 4.64. The van der Waals surface area contributed by atoms with E-state index in [0.717, 1.165) is 10.6 Å². The van der Waals surface area contributed by atoms with Crippen LogP contribution in [0.15, 0.2) is 53.4 Å². The fourth-order valence-electron chi connectivity index (χ4n) is 2.08. The highest BCUT2D eigenvalue weighted by atomic mass is 32.2. The summed E-state index contributed by atoms with van der Waals surface area (Å²) in [6.45, 7) is 2.97. The maximum atomic E-state index is 13.0. The van der Waals surface area contributed by atoms with Crippen molar-refractivity contribution in [1.29, 1.82) is 0 Å². The molecule has 0 aromatic heterocycles. The van der Waals surface area contributed by atoms with Gasteiger partial charge in [-0.15, -0.1) is 11.8 Å². The number of Topliss-reactive ketones (excluding diaryl/α,β-unsaturated/α-hetero) is 1. The number of thioether (sulfide) groups is 1. The van der Waals surface area contributed by atoms with Crippen molar-refractivity contribution in [1.82, 2.24) is 0 Å². The summed E-state index contributed by atoms with van der Waals surface area (Å²) in [4.78, 5) is 15.4. The molecular weight excluding hydrogens is 285 g/mol. The van der Waals surface area contributed by atoms with Crippen molar-refractivity contribution in [3.63, 3.8) is 0 Å². The molecule has 0 bridgehead atoms. The first kappa shape index (κ1) is 15.6. The average Bonchev–Trinajstić information content (AvgIpc) is 2.53. The Morgan fingerprint density at radius 3 is 2.24 bits per heavy atom. The Morgan fingerprint density at radius 1 is 1.10 bits per heavy atom. The number of likely N-dealkylation sites (N-methyl/N-ethyl adjacent to an activating group) is 1. The Bertz CT molecular complexity index is 595. The second kappa shape index (κ2) is 7.27. The molecule has 4 heteroatoms. The van der Waals surface area contributed by atoms with Crippen LogP contribution in [0, 0.1) is 5.82 Å². The number of rotatable bonds is 6. The van der Waals surface area contributed by atoms with E-state index >= 15 is 0 Å². The van der Waals surface area contributed by atoms with Crippen LogP contribution in [0.25, 0.3) is 0 Å². The molecule has 0 radical (unpaired) electrons. The molecular formula is C17H18FNOS. The van der Waals surface area contributed by atoms with Crippen molar-refractivity contribution in [3.05, 3.63) is 59.9 Å². The van der Waals surface area contributed by atoms with Crippen LogP contribution in [0.3, 0.4) is 0 Å². The predicted molar refractivity (Wildman–Crippen MR) is 86.8 cm³/mol. The lowest BCUT2D eigenvalue weighted by atomic mass is 10.1. The Balaban J connectivity index is 2.10. The first-order chi connectivity index (χ1) is 10.1. The van der Waals surface area contributed by atoms with E-state index in [1.165, 1.54) is 12.1 Å². The van der Waals surface area contributed by atoms with E-state index in [2.05, 4.69) is 0 Å². The van der Waals surface area contributed by atoms with Gasteiger partial charge in [0.05, 0.1) is 6.54 Å². The number of ketones is 1. The highest BCUT2D eigenvalue weighted by molar-refractivity contribution is 7.98. The summed E-state index contributed by atoms with van der Waals surface area (Å²) in [5, 5.41) is 0. The molecule has 0 aliphatic rings. The summed E-state index contributed by atoms with van der Waals surface area (Å²) in [7, 11) is 0. The SMILES string of the molecule is CCN(CC(=O)c1ccc(SC)cc1)c1ccc(F)cc1. The van der Waals surface area contributed by atoms with Gasteiger partial charge in [-0.25, -0.2) is 4.39 Å². The minimum absolute atomic E-state index is 0.0637. The lowest BCUT2D eigenvalue weighted by molar-refractivity contribution is 0.0999. The first-order valence-corrected chi connectivity index (χ1v) is 8.04. The van der Waals surface area contributed by atoms with E-state index in [1.807, 2.05) is 42.3 Å². The fraction of sp³-hybridized carbons (Fsp3) is 0.235. The van der Waals surface area contributed by atoms with E-state index < -0.39 is 0 Å². The van der Waals surface area contributed by atoms with Crippen molar-refractivity contribution in [2.24, 2.45) is 0 Å². The second-order valence-corrected chi connectivity index (χ2v) is 5.52. The molecule has 0 aliphatic carbocycles. The average molecular weight is 303 g/mol. The van der Waals surface area contributed by atoms with Crippen LogP contribution in [0.4, 0.5) is 10.1 Å². The quantitative estimate of drug-likeness (QED) is 0.587. The van der Waals surface area contributed by atoms with Gasteiger partial charge in [-0.1, -0.05) is 12.1 Å². The van der Waals surface area contributed by atoms with Gasteiger partial charge in [0.1, 0.15) is 5.82 Å². The normalized spacial score (nSPS) is 10.4. The van der Waals surface area contributed by atoms with Gasteiger partial charge in [-0.05, 0) is 49.6 Å². The molecule has 2 aromatic rings. The van der Waals surface area contributed by atoms with Crippen LogP contribution >= 0.6 is 11.8 Å². The zero-order chi connectivity index (χ0) is 15.2. The molecule has 0 unspecified atom stereocenters. The van der Waals surface area contributed by atoms with Gasteiger partial charge in [-0.2, -0.15) is 0 Å². The summed E-state index contributed by atoms with van der Waals surface area (Å²) in [5.41, 5.74) is 1.56. The molecule has 21 heavy (non-hydrogen) atoms. The Kier molecular flexibility index (Phi) is 5.39. The highest BCUT2D eigenvalue weighted by Gasteiger charge is 2.12. The fourth-order valence-corrected chi connectivity index (χ4v) is 2.49. The molecule has 2 rings (SSSR count). The summed E-state index contributed by atoms with van der Waals surface area (Å²) in [5.74, 6) is -0.206. The van der Waals surface area contributed by atoms with Gasteiger partial charge >= 0.3 is 0 Å². The standard InChI is InChI=1S/C17H18FNOS/c1-3-19(15-8-6-14(18)7-9-15)12-17(20)13-4-10-16(21-2)11-5-13/h4-11H,3,12H2,1-2H3. The Hall–Kier alpha value is -1.81. The Morgan fingerprint density at radius 2 is 1.71 bits per heavy atom. The number of hydrogen-bond acceptors (Lipinski definition) is 3. The van der Waals surface area contributed by atoms with Crippen LogP contribution in [-0.4, -0.2) is 25.1 Å². The first-order valence-electron chi connectivity index (χ1n) is 6.81. The zero-order valence-electron chi connectivity index (χ0n) is 12.2. The minimum Gasteiger partial charge on any atom is -0.364 e. The number of halogens is 1. The lowest BCUT2D eigenvalue weighted by Gasteiger charge is -2.22. The van der Waals surface area contributed by atoms with Crippen molar-refractivity contribution >= 4 is 23.2 Å². The van der Waals surface area contributed by atoms with Crippen LogP contribution in [0.2, 0.25) is 0 Å². The maximum absolute atomic E-state index is 13.0.